The van der Waals surface area contributed by atoms with Crippen LogP contribution in [0.4, 0.5) is 32.7 Å². The Balaban J connectivity index is 1.26. The number of piperazine rings is 1. The van der Waals surface area contributed by atoms with Gasteiger partial charge in [0.25, 0.3) is 0 Å². The van der Waals surface area contributed by atoms with Gasteiger partial charge < -0.3 is 20.9 Å². The monoisotopic (exact) mass is 689 g/mol. The molecule has 0 bridgehead atoms. The minimum atomic E-state index is -1.81. The second-order valence-corrected chi connectivity index (χ2v) is 17.7. The lowest BCUT2D eigenvalue weighted by atomic mass is 9.97. The molecule has 0 spiro atoms. The van der Waals surface area contributed by atoms with E-state index in [2.05, 4.69) is 81.3 Å². The van der Waals surface area contributed by atoms with Crippen LogP contribution in [0.25, 0.3) is 10.9 Å². The van der Waals surface area contributed by atoms with E-state index in [1.54, 1.807) is 0 Å². The summed E-state index contributed by atoms with van der Waals surface area (Å²) in [5, 5.41) is 12.4. The maximum atomic E-state index is 14.2. The van der Waals surface area contributed by atoms with Gasteiger partial charge in [0.15, 0.2) is 5.82 Å². The molecule has 0 radical (unpaired) electrons. The lowest BCUT2D eigenvalue weighted by Crippen LogP contribution is -2.52. The van der Waals surface area contributed by atoms with Crippen molar-refractivity contribution < 1.29 is 3.89 Å². The third kappa shape index (κ3) is 7.49. The summed E-state index contributed by atoms with van der Waals surface area (Å²) in [6, 6.07) is 9.26. The summed E-state index contributed by atoms with van der Waals surface area (Å²) in [5.74, 6) is 1.62. The predicted molar refractivity (Wildman–Crippen MR) is 205 cm³/mol. The molecular formula is C36H49FN9PS. The van der Waals surface area contributed by atoms with Crippen LogP contribution < -0.4 is 26.2 Å². The van der Waals surface area contributed by atoms with Gasteiger partial charge in [-0.15, -0.1) is 0 Å². The van der Waals surface area contributed by atoms with Crippen molar-refractivity contribution >= 4 is 70.4 Å². The molecular weight excluding hydrogens is 640 g/mol. The van der Waals surface area contributed by atoms with E-state index < -0.39 is 6.89 Å². The van der Waals surface area contributed by atoms with Crippen LogP contribution in [-0.2, 0) is 19.3 Å². The molecule has 0 unspecified atom stereocenters. The van der Waals surface area contributed by atoms with Gasteiger partial charge in [0.1, 0.15) is 10.7 Å². The highest BCUT2D eigenvalue weighted by atomic mass is 32.2. The number of hydrogen-bond acceptors (Lipinski definition) is 10. The zero-order valence-corrected chi connectivity index (χ0v) is 30.7. The van der Waals surface area contributed by atoms with Crippen LogP contribution in [0.15, 0.2) is 41.6 Å². The molecule has 6 rings (SSSR count). The highest BCUT2D eigenvalue weighted by Crippen LogP contribution is 2.42. The summed E-state index contributed by atoms with van der Waals surface area (Å²) in [5.41, 5.74) is 6.55. The molecule has 0 aliphatic carbocycles. The first-order valence-electron chi connectivity index (χ1n) is 17.2. The molecule has 256 valence electrons. The predicted octanol–water partition coefficient (Wildman–Crippen LogP) is 6.78. The Bertz CT molecular complexity index is 1800. The van der Waals surface area contributed by atoms with Gasteiger partial charge >= 0.3 is 0 Å². The van der Waals surface area contributed by atoms with E-state index in [1.165, 1.54) is 35.9 Å². The van der Waals surface area contributed by atoms with Crippen molar-refractivity contribution in [2.45, 2.75) is 63.8 Å². The van der Waals surface area contributed by atoms with Crippen LogP contribution in [0.2, 0.25) is 0 Å². The average Bonchev–Trinajstić information content (AvgIpc) is 3.11. The summed E-state index contributed by atoms with van der Waals surface area (Å²) in [6.45, 7) is 15.6. The normalized spacial score (nSPS) is 16.4. The first kappa shape index (κ1) is 34.6. The summed E-state index contributed by atoms with van der Waals surface area (Å²) in [7, 11) is 0. The van der Waals surface area contributed by atoms with E-state index in [9.17, 15) is 3.89 Å². The molecule has 2 aliphatic rings. The van der Waals surface area contributed by atoms with Gasteiger partial charge in [-0.05, 0) is 74.4 Å². The van der Waals surface area contributed by atoms with Gasteiger partial charge in [0, 0.05) is 85.7 Å². The molecule has 0 atom stereocenters. The van der Waals surface area contributed by atoms with Crippen molar-refractivity contribution in [2.75, 3.05) is 68.1 Å². The molecule has 2 aromatic heterocycles. The van der Waals surface area contributed by atoms with Gasteiger partial charge in [0.05, 0.1) is 23.9 Å². The Morgan fingerprint density at radius 1 is 0.917 bits per heavy atom. The first-order valence-corrected chi connectivity index (χ1v) is 20.8. The zero-order valence-electron chi connectivity index (χ0n) is 28.9. The van der Waals surface area contributed by atoms with Crippen LogP contribution in [0.5, 0.6) is 0 Å². The molecule has 0 amide bonds. The number of fused-ring (bicyclic) bond motifs is 1. The Morgan fingerprint density at radius 2 is 1.67 bits per heavy atom. The number of benzene rings is 2. The van der Waals surface area contributed by atoms with Gasteiger partial charge in [-0.3, -0.25) is 4.90 Å². The van der Waals surface area contributed by atoms with Crippen LogP contribution in [0.1, 0.15) is 50.6 Å². The third-order valence-electron chi connectivity index (χ3n) is 9.59. The lowest BCUT2D eigenvalue weighted by Gasteiger charge is -2.41. The van der Waals surface area contributed by atoms with Gasteiger partial charge in [-0.25, -0.2) is 15.0 Å². The van der Waals surface area contributed by atoms with Crippen molar-refractivity contribution in [3.63, 3.8) is 0 Å². The number of aromatic nitrogens is 4. The molecule has 4 heterocycles. The average molecular weight is 690 g/mol. The summed E-state index contributed by atoms with van der Waals surface area (Å²) in [6.07, 6.45) is 12.9. The topological polar surface area (TPSA) is 94.1 Å². The van der Waals surface area contributed by atoms with Crippen LogP contribution >= 0.6 is 19.0 Å². The fourth-order valence-corrected chi connectivity index (χ4v) is 8.93. The summed E-state index contributed by atoms with van der Waals surface area (Å²) in [4.78, 5) is 24.2. The zero-order chi connectivity index (χ0) is 33.8. The smallest absolute Gasteiger partial charge is 0.229 e. The second kappa shape index (κ2) is 15.1. The van der Waals surface area contributed by atoms with Crippen molar-refractivity contribution in [3.05, 3.63) is 53.6 Å². The van der Waals surface area contributed by atoms with Crippen molar-refractivity contribution in [1.29, 1.82) is 0 Å². The molecule has 48 heavy (non-hydrogen) atoms. The molecule has 9 nitrogen and oxygen atoms in total. The third-order valence-corrected chi connectivity index (χ3v) is 11.7. The molecule has 3 N–H and O–H groups in total. The number of rotatable bonds is 11. The van der Waals surface area contributed by atoms with Crippen molar-refractivity contribution in [1.82, 2.24) is 30.2 Å². The fourth-order valence-electron chi connectivity index (χ4n) is 7.06. The van der Waals surface area contributed by atoms with E-state index in [-0.39, 0.29) is 12.1 Å². The minimum absolute atomic E-state index is 0.134. The Kier molecular flexibility index (Phi) is 10.9. The van der Waals surface area contributed by atoms with Crippen molar-refractivity contribution in [2.24, 2.45) is 0 Å². The Hall–Kier alpha value is -3.24. The highest BCUT2D eigenvalue weighted by Gasteiger charge is 2.27. The van der Waals surface area contributed by atoms with Gasteiger partial charge in [0.2, 0.25) is 5.95 Å². The first-order chi connectivity index (χ1) is 23.2. The highest BCUT2D eigenvalue weighted by molar-refractivity contribution is 7.94. The van der Waals surface area contributed by atoms with Crippen LogP contribution in [0.3, 0.4) is 0 Å². The van der Waals surface area contributed by atoms with Gasteiger partial charge in [-0.1, -0.05) is 34.0 Å². The van der Waals surface area contributed by atoms with Crippen molar-refractivity contribution in [3.8, 4) is 0 Å². The second-order valence-electron chi connectivity index (χ2n) is 13.3. The molecule has 2 saturated heterocycles. The van der Waals surface area contributed by atoms with Crippen LogP contribution in [0, 0.1) is 0 Å². The molecule has 2 aromatic carbocycles. The Morgan fingerprint density at radius 3 is 2.33 bits per heavy atom. The standard InChI is InChI=1S/C36H49FN9PS/c1-7-24-21-31(46-16-12-26(13-17-46)45-18-14-38-15-19-45)25(8-2)20-30(24)43-36-40-23-32(48-37)35(44-36)42-29-11-10-28-27(34(29)47(4,5)6)22-39-33(9-3)41-28/h10-11,20-23,26,38H,4,7-9,12-19H2,1-3,5-6H3,(H2,40,42,43,44). The molecule has 12 heteroatoms. The lowest BCUT2D eigenvalue weighted by molar-refractivity contribution is 0.150. The number of piperidine rings is 1. The molecule has 2 fully saturated rings. The SMILES string of the molecule is C=P(C)(C)c1c(Nc2nc(Nc3cc(CC)c(N4CCC(N5CCNCC5)CC4)cc3CC)ncc2SF)ccc2nc(CC)ncc12. The summed E-state index contributed by atoms with van der Waals surface area (Å²) < 4.78 is 14.2. The maximum Gasteiger partial charge on any atom is 0.229 e. The maximum absolute atomic E-state index is 14.2. The number of anilines is 5. The largest absolute Gasteiger partial charge is 0.371 e. The number of nitrogens with zero attached hydrogens (tertiary/aromatic N) is 6. The quantitative estimate of drug-likeness (QED) is 0.146. The minimum Gasteiger partial charge on any atom is -0.371 e. The number of aryl methyl sites for hydroxylation is 3. The van der Waals surface area contributed by atoms with E-state index >= 15 is 0 Å². The molecule has 2 aliphatic heterocycles. The number of halogens is 1. The molecule has 0 saturated carbocycles. The Labute approximate surface area is 289 Å². The molecule has 4 aromatic rings. The van der Waals surface area contributed by atoms with Crippen LogP contribution in [-0.4, -0.2) is 89.8 Å². The van der Waals surface area contributed by atoms with E-state index in [0.717, 1.165) is 91.9 Å². The number of hydrogen-bond donors (Lipinski definition) is 3. The fraction of sp³-hybridized carbons (Fsp3) is 0.472. The summed E-state index contributed by atoms with van der Waals surface area (Å²) >= 11 is 0.134. The van der Waals surface area contributed by atoms with E-state index in [4.69, 9.17) is 9.97 Å². The number of nitrogens with one attached hydrogen (secondary N) is 3. The van der Waals surface area contributed by atoms with E-state index in [1.807, 2.05) is 25.3 Å². The van der Waals surface area contributed by atoms with Gasteiger partial charge in [-0.2, -0.15) is 8.87 Å². The van der Waals surface area contributed by atoms with E-state index in [0.29, 0.717) is 22.7 Å².